The van der Waals surface area contributed by atoms with Crippen LogP contribution in [0.15, 0.2) is 0 Å². The third kappa shape index (κ3) is 1.29. The Balaban J connectivity index is 3.04. The third-order valence-electron chi connectivity index (χ3n) is 3.43. The molecule has 0 aromatic carbocycles. The zero-order valence-corrected chi connectivity index (χ0v) is 9.35. The summed E-state index contributed by atoms with van der Waals surface area (Å²) in [5, 5.41) is 10.4. The molecule has 4 heteroatoms. The van der Waals surface area contributed by atoms with E-state index in [1.807, 2.05) is 13.8 Å². The van der Waals surface area contributed by atoms with Gasteiger partial charge in [0, 0.05) is 6.54 Å². The zero-order valence-electron chi connectivity index (χ0n) is 9.35. The number of hydrogen-bond acceptors (Lipinski definition) is 2. The van der Waals surface area contributed by atoms with Gasteiger partial charge >= 0.3 is 6.03 Å². The summed E-state index contributed by atoms with van der Waals surface area (Å²) in [5.74, 6) is 0.632. The lowest BCUT2D eigenvalue weighted by Crippen LogP contribution is -2.51. The molecule has 1 fully saturated rings. The minimum atomic E-state index is -0.444. The van der Waals surface area contributed by atoms with Crippen LogP contribution in [0.25, 0.3) is 0 Å². The van der Waals surface area contributed by atoms with E-state index in [2.05, 4.69) is 19.2 Å². The van der Waals surface area contributed by atoms with Crippen LogP contribution in [0.4, 0.5) is 4.79 Å². The second-order valence-electron chi connectivity index (χ2n) is 4.01. The predicted molar refractivity (Wildman–Crippen MR) is 56.5 cm³/mol. The highest BCUT2D eigenvalue weighted by Gasteiger charge is 2.48. The molecule has 0 saturated carbocycles. The van der Waals surface area contributed by atoms with Gasteiger partial charge in [-0.05, 0) is 19.8 Å². The third-order valence-corrected chi connectivity index (χ3v) is 3.43. The van der Waals surface area contributed by atoms with Crippen molar-refractivity contribution in [2.75, 3.05) is 6.54 Å². The standard InChI is InChI=1S/C10H19N3O/c1-5-7(3)10(4)8(11)12-9(14)13(10)6-2/h7H,5-6H2,1-4H3,(H2,11,12,14). The fourth-order valence-electron chi connectivity index (χ4n) is 2.03. The van der Waals surface area contributed by atoms with Crippen molar-refractivity contribution < 1.29 is 4.79 Å². The van der Waals surface area contributed by atoms with Gasteiger partial charge in [0.05, 0.1) is 0 Å². The van der Waals surface area contributed by atoms with Gasteiger partial charge in [-0.3, -0.25) is 10.7 Å². The quantitative estimate of drug-likeness (QED) is 0.712. The zero-order chi connectivity index (χ0) is 10.9. The fraction of sp³-hybridized carbons (Fsp3) is 0.800. The van der Waals surface area contributed by atoms with Crippen molar-refractivity contribution in [2.45, 2.75) is 39.7 Å². The molecule has 2 N–H and O–H groups in total. The Morgan fingerprint density at radius 3 is 2.57 bits per heavy atom. The van der Waals surface area contributed by atoms with Crippen LogP contribution in [0, 0.1) is 11.3 Å². The molecule has 0 radical (unpaired) electrons. The Morgan fingerprint density at radius 1 is 1.57 bits per heavy atom. The van der Waals surface area contributed by atoms with Crippen LogP contribution < -0.4 is 5.32 Å². The van der Waals surface area contributed by atoms with Crippen LogP contribution >= 0.6 is 0 Å². The highest BCUT2D eigenvalue weighted by atomic mass is 16.2. The Hall–Kier alpha value is -1.06. The molecule has 0 aromatic rings. The van der Waals surface area contributed by atoms with Gasteiger partial charge in [-0.1, -0.05) is 20.3 Å². The summed E-state index contributed by atoms with van der Waals surface area (Å²) in [4.78, 5) is 13.3. The molecule has 1 heterocycles. The van der Waals surface area contributed by atoms with E-state index in [1.54, 1.807) is 4.90 Å². The van der Waals surface area contributed by atoms with Crippen molar-refractivity contribution >= 4 is 11.9 Å². The van der Waals surface area contributed by atoms with Crippen molar-refractivity contribution in [3.05, 3.63) is 0 Å². The second-order valence-corrected chi connectivity index (χ2v) is 4.01. The molecule has 4 nitrogen and oxygen atoms in total. The molecule has 1 saturated heterocycles. The van der Waals surface area contributed by atoms with Crippen LogP contribution in [-0.2, 0) is 0 Å². The van der Waals surface area contributed by atoms with Crippen molar-refractivity contribution in [1.82, 2.24) is 10.2 Å². The minimum Gasteiger partial charge on any atom is -0.312 e. The normalized spacial score (nSPS) is 29.3. The van der Waals surface area contributed by atoms with Crippen LogP contribution in [0.3, 0.4) is 0 Å². The molecule has 0 aromatic heterocycles. The lowest BCUT2D eigenvalue weighted by atomic mass is 9.83. The van der Waals surface area contributed by atoms with Crippen molar-refractivity contribution in [3.8, 4) is 0 Å². The van der Waals surface area contributed by atoms with Crippen molar-refractivity contribution in [3.63, 3.8) is 0 Å². The van der Waals surface area contributed by atoms with Gasteiger partial charge < -0.3 is 4.90 Å². The van der Waals surface area contributed by atoms with Gasteiger partial charge in [-0.25, -0.2) is 4.79 Å². The van der Waals surface area contributed by atoms with Gasteiger partial charge in [0.1, 0.15) is 11.4 Å². The smallest absolute Gasteiger partial charge is 0.312 e. The first-order valence-electron chi connectivity index (χ1n) is 5.16. The SMILES string of the molecule is CCC(C)C1(C)C(=N)NC(=O)N1CC. The molecule has 2 unspecified atom stereocenters. The summed E-state index contributed by atoms with van der Waals surface area (Å²) in [6.07, 6.45) is 0.963. The topological polar surface area (TPSA) is 56.2 Å². The second kappa shape index (κ2) is 3.59. The maximum absolute atomic E-state index is 11.5. The van der Waals surface area contributed by atoms with Crippen LogP contribution in [0.5, 0.6) is 0 Å². The number of rotatable bonds is 3. The van der Waals surface area contributed by atoms with Gasteiger partial charge in [-0.15, -0.1) is 0 Å². The molecule has 1 aliphatic heterocycles. The van der Waals surface area contributed by atoms with E-state index in [1.165, 1.54) is 0 Å². The molecule has 1 rings (SSSR count). The van der Waals surface area contributed by atoms with Crippen molar-refractivity contribution in [1.29, 1.82) is 5.41 Å². The Bertz CT molecular complexity index is 264. The van der Waals surface area contributed by atoms with E-state index in [0.717, 1.165) is 6.42 Å². The first kappa shape index (κ1) is 11.0. The molecule has 0 spiro atoms. The van der Waals surface area contributed by atoms with Gasteiger partial charge in [0.15, 0.2) is 0 Å². The summed E-state index contributed by atoms with van der Waals surface area (Å²) >= 11 is 0. The van der Waals surface area contributed by atoms with Crippen LogP contribution in [0.2, 0.25) is 0 Å². The number of carbonyl (C=O) groups excluding carboxylic acids is 1. The monoisotopic (exact) mass is 197 g/mol. The minimum absolute atomic E-state index is 0.139. The van der Waals surface area contributed by atoms with E-state index in [-0.39, 0.29) is 6.03 Å². The van der Waals surface area contributed by atoms with E-state index in [4.69, 9.17) is 5.41 Å². The molecule has 1 aliphatic rings. The average molecular weight is 197 g/mol. The molecule has 2 atom stereocenters. The number of hydrogen-bond donors (Lipinski definition) is 2. The highest BCUT2D eigenvalue weighted by Crippen LogP contribution is 2.31. The lowest BCUT2D eigenvalue weighted by Gasteiger charge is -2.37. The number of urea groups is 1. The number of amides is 2. The summed E-state index contributed by atoms with van der Waals surface area (Å²) in [7, 11) is 0. The van der Waals surface area contributed by atoms with E-state index < -0.39 is 5.54 Å². The Labute approximate surface area is 85.2 Å². The maximum atomic E-state index is 11.5. The first-order valence-corrected chi connectivity index (χ1v) is 5.16. The van der Waals surface area contributed by atoms with E-state index >= 15 is 0 Å². The number of likely N-dealkylation sites (N-methyl/N-ethyl adjacent to an activating group) is 1. The number of carbonyl (C=O) groups is 1. The van der Waals surface area contributed by atoms with Crippen LogP contribution in [-0.4, -0.2) is 28.9 Å². The predicted octanol–water partition coefficient (Wildman–Crippen LogP) is 1.81. The maximum Gasteiger partial charge on any atom is 0.323 e. The van der Waals surface area contributed by atoms with Gasteiger partial charge in [0.25, 0.3) is 0 Å². The van der Waals surface area contributed by atoms with Gasteiger partial charge in [0.2, 0.25) is 0 Å². The van der Waals surface area contributed by atoms with Crippen molar-refractivity contribution in [2.24, 2.45) is 5.92 Å². The molecule has 80 valence electrons. The summed E-state index contributed by atoms with van der Waals surface area (Å²) in [6, 6.07) is -0.139. The summed E-state index contributed by atoms with van der Waals surface area (Å²) in [6.45, 7) is 8.72. The van der Waals surface area contributed by atoms with E-state index in [0.29, 0.717) is 18.3 Å². The number of amidine groups is 1. The first-order chi connectivity index (χ1) is 6.48. The molecular formula is C10H19N3O. The fourth-order valence-corrected chi connectivity index (χ4v) is 2.03. The highest BCUT2D eigenvalue weighted by molar-refractivity contribution is 6.08. The largest absolute Gasteiger partial charge is 0.323 e. The summed E-state index contributed by atoms with van der Waals surface area (Å²) < 4.78 is 0. The summed E-state index contributed by atoms with van der Waals surface area (Å²) in [5.41, 5.74) is -0.444. The molecule has 2 amide bonds. The number of nitrogens with one attached hydrogen (secondary N) is 2. The Morgan fingerprint density at radius 2 is 2.14 bits per heavy atom. The lowest BCUT2D eigenvalue weighted by molar-refractivity contribution is 0.152. The molecule has 0 bridgehead atoms. The van der Waals surface area contributed by atoms with E-state index in [9.17, 15) is 4.79 Å². The van der Waals surface area contributed by atoms with Crippen LogP contribution in [0.1, 0.15) is 34.1 Å². The van der Waals surface area contributed by atoms with Gasteiger partial charge in [-0.2, -0.15) is 0 Å². The molecule has 0 aliphatic carbocycles. The molecule has 14 heavy (non-hydrogen) atoms. The average Bonchev–Trinajstić information content (AvgIpc) is 2.37. The number of nitrogens with zero attached hydrogens (tertiary/aromatic N) is 1. The Kier molecular flexibility index (Phi) is 2.83. The molecular weight excluding hydrogens is 178 g/mol.